The summed E-state index contributed by atoms with van der Waals surface area (Å²) in [6.07, 6.45) is 0.658. The molecule has 1 aromatic rings. The smallest absolute Gasteiger partial charge is 0.269 e. The Kier molecular flexibility index (Phi) is 4.20. The first-order chi connectivity index (χ1) is 7.17. The number of nitrogens with one attached hydrogen (secondary N) is 1. The summed E-state index contributed by atoms with van der Waals surface area (Å²) >= 11 is 0. The predicted octanol–water partition coefficient (Wildman–Crippen LogP) is 0.718. The number of benzene rings is 1. The maximum Gasteiger partial charge on any atom is 0.269 e. The Balaban J connectivity index is 2.67. The molecular weight excluding hydrogens is 196 g/mol. The lowest BCUT2D eigenvalue weighted by atomic mass is 10.1. The second-order valence-corrected chi connectivity index (χ2v) is 3.30. The molecule has 1 atom stereocenters. The van der Waals surface area contributed by atoms with Crippen LogP contribution in [-0.4, -0.2) is 29.7 Å². The first kappa shape index (κ1) is 11.6. The standard InChI is InChI=1S/C10H14N2O3/c1-11-9(7-13)6-8-2-4-10(5-3-8)12(14)15/h2-5,9,11,13H,6-7H2,1H3/t9-/m0/s1. The van der Waals surface area contributed by atoms with Crippen LogP contribution in [-0.2, 0) is 6.42 Å². The minimum Gasteiger partial charge on any atom is -0.395 e. The van der Waals surface area contributed by atoms with Gasteiger partial charge in [0.1, 0.15) is 0 Å². The number of rotatable bonds is 5. The molecule has 0 heterocycles. The Morgan fingerprint density at radius 1 is 1.47 bits per heavy atom. The van der Waals surface area contributed by atoms with Gasteiger partial charge in [0, 0.05) is 18.2 Å². The average Bonchev–Trinajstić information content (AvgIpc) is 2.26. The van der Waals surface area contributed by atoms with Crippen LogP contribution < -0.4 is 5.32 Å². The highest BCUT2D eigenvalue weighted by Gasteiger charge is 2.07. The van der Waals surface area contributed by atoms with Crippen LogP contribution in [0.5, 0.6) is 0 Å². The normalized spacial score (nSPS) is 12.4. The van der Waals surface area contributed by atoms with Gasteiger partial charge in [-0.05, 0) is 19.0 Å². The number of non-ortho nitro benzene ring substituents is 1. The fourth-order valence-corrected chi connectivity index (χ4v) is 1.30. The van der Waals surface area contributed by atoms with Crippen molar-refractivity contribution < 1.29 is 10.0 Å². The van der Waals surface area contributed by atoms with E-state index in [0.29, 0.717) is 6.42 Å². The fraction of sp³-hybridized carbons (Fsp3) is 0.400. The largest absolute Gasteiger partial charge is 0.395 e. The van der Waals surface area contributed by atoms with E-state index >= 15 is 0 Å². The summed E-state index contributed by atoms with van der Waals surface area (Å²) < 4.78 is 0. The van der Waals surface area contributed by atoms with Gasteiger partial charge in [-0.25, -0.2) is 0 Å². The number of nitrogens with zero attached hydrogens (tertiary/aromatic N) is 1. The quantitative estimate of drug-likeness (QED) is 0.554. The molecule has 1 aromatic carbocycles. The molecule has 5 nitrogen and oxygen atoms in total. The van der Waals surface area contributed by atoms with Gasteiger partial charge >= 0.3 is 0 Å². The van der Waals surface area contributed by atoms with Gasteiger partial charge in [-0.1, -0.05) is 12.1 Å². The van der Waals surface area contributed by atoms with Crippen LogP contribution >= 0.6 is 0 Å². The van der Waals surface area contributed by atoms with E-state index in [1.54, 1.807) is 19.2 Å². The molecule has 0 amide bonds. The predicted molar refractivity (Wildman–Crippen MR) is 56.7 cm³/mol. The molecule has 0 unspecified atom stereocenters. The highest BCUT2D eigenvalue weighted by atomic mass is 16.6. The van der Waals surface area contributed by atoms with Crippen molar-refractivity contribution in [2.24, 2.45) is 0 Å². The van der Waals surface area contributed by atoms with Gasteiger partial charge in [0.05, 0.1) is 11.5 Å². The third-order valence-corrected chi connectivity index (χ3v) is 2.26. The molecule has 0 spiro atoms. The summed E-state index contributed by atoms with van der Waals surface area (Å²) in [7, 11) is 1.77. The SMILES string of the molecule is CN[C@H](CO)Cc1ccc([N+](=O)[O-])cc1. The van der Waals surface area contributed by atoms with E-state index in [2.05, 4.69) is 5.32 Å². The lowest BCUT2D eigenvalue weighted by molar-refractivity contribution is -0.384. The summed E-state index contributed by atoms with van der Waals surface area (Å²) in [5.74, 6) is 0. The molecule has 5 heteroatoms. The van der Waals surface area contributed by atoms with Crippen LogP contribution in [0.25, 0.3) is 0 Å². The molecule has 0 radical (unpaired) electrons. The number of nitro benzene ring substituents is 1. The Morgan fingerprint density at radius 2 is 2.07 bits per heavy atom. The Bertz CT molecular complexity index is 320. The third-order valence-electron chi connectivity index (χ3n) is 2.26. The number of aliphatic hydroxyl groups excluding tert-OH is 1. The molecule has 82 valence electrons. The van der Waals surface area contributed by atoms with Crippen molar-refractivity contribution in [2.45, 2.75) is 12.5 Å². The molecule has 1 rings (SSSR count). The van der Waals surface area contributed by atoms with E-state index in [9.17, 15) is 10.1 Å². The van der Waals surface area contributed by atoms with Gasteiger partial charge in [-0.3, -0.25) is 10.1 Å². The van der Waals surface area contributed by atoms with Gasteiger partial charge in [0.2, 0.25) is 0 Å². The van der Waals surface area contributed by atoms with Crippen molar-refractivity contribution in [2.75, 3.05) is 13.7 Å². The molecule has 0 saturated carbocycles. The van der Waals surface area contributed by atoms with Crippen molar-refractivity contribution in [1.82, 2.24) is 5.32 Å². The number of hydrogen-bond donors (Lipinski definition) is 2. The first-order valence-electron chi connectivity index (χ1n) is 4.69. The van der Waals surface area contributed by atoms with E-state index < -0.39 is 4.92 Å². The Labute approximate surface area is 87.9 Å². The van der Waals surface area contributed by atoms with Crippen molar-refractivity contribution in [3.8, 4) is 0 Å². The number of likely N-dealkylation sites (N-methyl/N-ethyl adjacent to an activating group) is 1. The second-order valence-electron chi connectivity index (χ2n) is 3.30. The van der Waals surface area contributed by atoms with Crippen LogP contribution in [0.3, 0.4) is 0 Å². The van der Waals surface area contributed by atoms with Crippen LogP contribution in [0.15, 0.2) is 24.3 Å². The van der Waals surface area contributed by atoms with E-state index in [1.807, 2.05) is 0 Å². The van der Waals surface area contributed by atoms with Crippen LogP contribution in [0.4, 0.5) is 5.69 Å². The number of nitro groups is 1. The highest BCUT2D eigenvalue weighted by molar-refractivity contribution is 5.33. The molecule has 0 fully saturated rings. The van der Waals surface area contributed by atoms with Gasteiger partial charge < -0.3 is 10.4 Å². The van der Waals surface area contributed by atoms with E-state index in [-0.39, 0.29) is 18.3 Å². The molecular formula is C10H14N2O3. The minimum atomic E-state index is -0.425. The van der Waals surface area contributed by atoms with Gasteiger partial charge in [-0.15, -0.1) is 0 Å². The zero-order chi connectivity index (χ0) is 11.3. The van der Waals surface area contributed by atoms with Crippen LogP contribution in [0.1, 0.15) is 5.56 Å². The lowest BCUT2D eigenvalue weighted by Crippen LogP contribution is -2.31. The number of hydrogen-bond acceptors (Lipinski definition) is 4. The lowest BCUT2D eigenvalue weighted by Gasteiger charge is -2.12. The molecule has 0 aliphatic heterocycles. The topological polar surface area (TPSA) is 75.4 Å². The first-order valence-corrected chi connectivity index (χ1v) is 4.69. The molecule has 15 heavy (non-hydrogen) atoms. The Morgan fingerprint density at radius 3 is 2.47 bits per heavy atom. The monoisotopic (exact) mass is 210 g/mol. The van der Waals surface area contributed by atoms with Crippen molar-refractivity contribution in [1.29, 1.82) is 0 Å². The summed E-state index contributed by atoms with van der Waals surface area (Å²) in [6, 6.07) is 6.35. The molecule has 0 saturated heterocycles. The van der Waals surface area contributed by atoms with Crippen molar-refractivity contribution in [3.63, 3.8) is 0 Å². The summed E-state index contributed by atoms with van der Waals surface area (Å²) in [4.78, 5) is 9.97. The third kappa shape index (κ3) is 3.30. The number of aliphatic hydroxyl groups is 1. The Hall–Kier alpha value is -1.46. The maximum absolute atomic E-state index is 10.4. The van der Waals surface area contributed by atoms with E-state index in [1.165, 1.54) is 12.1 Å². The van der Waals surface area contributed by atoms with Gasteiger partial charge in [-0.2, -0.15) is 0 Å². The van der Waals surface area contributed by atoms with Crippen molar-refractivity contribution >= 4 is 5.69 Å². The van der Waals surface area contributed by atoms with Crippen LogP contribution in [0, 0.1) is 10.1 Å². The maximum atomic E-state index is 10.4. The molecule has 0 bridgehead atoms. The highest BCUT2D eigenvalue weighted by Crippen LogP contribution is 2.12. The second kappa shape index (κ2) is 5.43. The molecule has 0 aromatic heterocycles. The van der Waals surface area contributed by atoms with E-state index in [4.69, 9.17) is 5.11 Å². The van der Waals surface area contributed by atoms with Crippen molar-refractivity contribution in [3.05, 3.63) is 39.9 Å². The average molecular weight is 210 g/mol. The summed E-state index contributed by atoms with van der Waals surface area (Å²) in [5, 5.41) is 22.3. The summed E-state index contributed by atoms with van der Waals surface area (Å²) in [6.45, 7) is 0.0491. The fourth-order valence-electron chi connectivity index (χ4n) is 1.30. The molecule has 2 N–H and O–H groups in total. The minimum absolute atomic E-state index is 0.00791. The van der Waals surface area contributed by atoms with Crippen LogP contribution in [0.2, 0.25) is 0 Å². The zero-order valence-corrected chi connectivity index (χ0v) is 8.51. The van der Waals surface area contributed by atoms with Gasteiger partial charge in [0.25, 0.3) is 5.69 Å². The van der Waals surface area contributed by atoms with E-state index in [0.717, 1.165) is 5.56 Å². The van der Waals surface area contributed by atoms with Gasteiger partial charge in [0.15, 0.2) is 0 Å². The molecule has 0 aliphatic rings. The summed E-state index contributed by atoms with van der Waals surface area (Å²) in [5.41, 5.74) is 1.05. The molecule has 0 aliphatic carbocycles. The zero-order valence-electron chi connectivity index (χ0n) is 8.51.